The summed E-state index contributed by atoms with van der Waals surface area (Å²) < 4.78 is 57.0. The number of hydrogen-bond donors (Lipinski definition) is 1. The lowest BCUT2D eigenvalue weighted by atomic mass is 9.96. The van der Waals surface area contributed by atoms with Crippen molar-refractivity contribution in [1.29, 1.82) is 5.26 Å². The van der Waals surface area contributed by atoms with Crippen molar-refractivity contribution in [3.05, 3.63) is 89.6 Å². The standard InChI is InChI=1S/C29H24F3N5O3/c1-28(2,16-33)27-36-35-25(40-27)20-12-24-21(13-22(20)30)29(31,32)14-23(34)26(38)37(24)15-17-8-10-19(11-9-17)39-18-6-4-3-5-7-18/h3-13,23H,14-15,34H2,1-2H3. The summed E-state index contributed by atoms with van der Waals surface area (Å²) in [4.78, 5) is 14.4. The van der Waals surface area contributed by atoms with E-state index in [0.717, 1.165) is 11.0 Å². The second-order valence-corrected chi connectivity index (χ2v) is 10.00. The van der Waals surface area contributed by atoms with E-state index in [2.05, 4.69) is 10.2 Å². The fourth-order valence-electron chi connectivity index (χ4n) is 4.30. The normalized spacial score (nSPS) is 16.7. The lowest BCUT2D eigenvalue weighted by Crippen LogP contribution is -2.43. The summed E-state index contributed by atoms with van der Waals surface area (Å²) in [5.41, 5.74) is 4.11. The average molecular weight is 548 g/mol. The maximum atomic E-state index is 15.2. The van der Waals surface area contributed by atoms with Crippen LogP contribution in [-0.2, 0) is 22.7 Å². The topological polar surface area (TPSA) is 118 Å². The van der Waals surface area contributed by atoms with Gasteiger partial charge in [-0.15, -0.1) is 10.2 Å². The van der Waals surface area contributed by atoms with Crippen molar-refractivity contribution in [1.82, 2.24) is 10.2 Å². The number of nitriles is 1. The Balaban J connectivity index is 1.53. The third-order valence-corrected chi connectivity index (χ3v) is 6.54. The number of benzene rings is 3. The molecule has 3 aromatic carbocycles. The van der Waals surface area contributed by atoms with Crippen molar-refractivity contribution in [2.45, 2.75) is 44.2 Å². The molecule has 8 nitrogen and oxygen atoms in total. The molecule has 1 aliphatic rings. The number of fused-ring (bicyclic) bond motifs is 1. The fraction of sp³-hybridized carbons (Fsp3) is 0.241. The molecule has 2 heterocycles. The Hall–Kier alpha value is -4.69. The monoisotopic (exact) mass is 547 g/mol. The molecule has 1 unspecified atom stereocenters. The Morgan fingerprint density at radius 2 is 1.80 bits per heavy atom. The number of hydrogen-bond acceptors (Lipinski definition) is 7. The summed E-state index contributed by atoms with van der Waals surface area (Å²) >= 11 is 0. The number of rotatable bonds is 6. The summed E-state index contributed by atoms with van der Waals surface area (Å²) in [6, 6.07) is 18.1. The molecule has 1 atom stereocenters. The van der Waals surface area contributed by atoms with Crippen LogP contribution in [-0.4, -0.2) is 22.1 Å². The fourth-order valence-corrected chi connectivity index (χ4v) is 4.30. The molecule has 204 valence electrons. The summed E-state index contributed by atoms with van der Waals surface area (Å²) in [7, 11) is 0. The lowest BCUT2D eigenvalue weighted by molar-refractivity contribution is -0.122. The molecule has 2 N–H and O–H groups in total. The van der Waals surface area contributed by atoms with Gasteiger partial charge in [0, 0.05) is 12.0 Å². The van der Waals surface area contributed by atoms with Gasteiger partial charge < -0.3 is 19.8 Å². The second kappa shape index (κ2) is 10.1. The molecule has 5 rings (SSSR count). The highest BCUT2D eigenvalue weighted by Gasteiger charge is 2.45. The highest BCUT2D eigenvalue weighted by Crippen LogP contribution is 2.45. The van der Waals surface area contributed by atoms with E-state index in [0.29, 0.717) is 23.1 Å². The largest absolute Gasteiger partial charge is 0.457 e. The van der Waals surface area contributed by atoms with Crippen LogP contribution in [0.4, 0.5) is 18.9 Å². The Morgan fingerprint density at radius 1 is 1.12 bits per heavy atom. The van der Waals surface area contributed by atoms with Crippen molar-refractivity contribution in [3.63, 3.8) is 0 Å². The van der Waals surface area contributed by atoms with Gasteiger partial charge in [-0.25, -0.2) is 13.2 Å². The zero-order chi connectivity index (χ0) is 28.7. The number of carbonyl (C=O) groups is 1. The van der Waals surface area contributed by atoms with Crippen molar-refractivity contribution in [2.75, 3.05) is 4.90 Å². The summed E-state index contributed by atoms with van der Waals surface area (Å²) in [5, 5.41) is 17.0. The van der Waals surface area contributed by atoms with Crippen molar-refractivity contribution in [2.24, 2.45) is 5.73 Å². The zero-order valence-electron chi connectivity index (χ0n) is 21.6. The van der Waals surface area contributed by atoms with Gasteiger partial charge in [-0.2, -0.15) is 5.26 Å². The van der Waals surface area contributed by atoms with E-state index in [1.165, 1.54) is 13.8 Å². The van der Waals surface area contributed by atoms with E-state index in [4.69, 9.17) is 14.9 Å². The van der Waals surface area contributed by atoms with Gasteiger partial charge in [-0.05, 0) is 55.8 Å². The van der Waals surface area contributed by atoms with E-state index in [1.807, 2.05) is 24.3 Å². The molecule has 0 bridgehead atoms. The molecule has 4 aromatic rings. The average Bonchev–Trinajstić information content (AvgIpc) is 3.42. The predicted molar refractivity (Wildman–Crippen MR) is 139 cm³/mol. The van der Waals surface area contributed by atoms with E-state index in [1.54, 1.807) is 36.4 Å². The first-order valence-electron chi connectivity index (χ1n) is 12.3. The zero-order valence-corrected chi connectivity index (χ0v) is 21.6. The van der Waals surface area contributed by atoms with E-state index in [9.17, 15) is 10.1 Å². The van der Waals surface area contributed by atoms with Crippen molar-refractivity contribution >= 4 is 11.6 Å². The lowest BCUT2D eigenvalue weighted by Gasteiger charge is -2.25. The van der Waals surface area contributed by atoms with Crippen LogP contribution in [0.25, 0.3) is 11.5 Å². The number of para-hydroxylation sites is 1. The van der Waals surface area contributed by atoms with Gasteiger partial charge in [0.2, 0.25) is 11.8 Å². The smallest absolute Gasteiger partial charge is 0.277 e. The number of aromatic nitrogens is 2. The molecule has 0 saturated heterocycles. The highest BCUT2D eigenvalue weighted by atomic mass is 19.3. The van der Waals surface area contributed by atoms with Crippen LogP contribution in [0.2, 0.25) is 0 Å². The van der Waals surface area contributed by atoms with Gasteiger partial charge in [0.15, 0.2) is 0 Å². The molecule has 1 amide bonds. The molecular weight excluding hydrogens is 523 g/mol. The number of nitrogens with two attached hydrogens (primary N) is 1. The van der Waals surface area contributed by atoms with Crippen LogP contribution >= 0.6 is 0 Å². The molecule has 0 spiro atoms. The maximum absolute atomic E-state index is 15.2. The van der Waals surface area contributed by atoms with E-state index < -0.39 is 41.1 Å². The number of nitrogens with zero attached hydrogens (tertiary/aromatic N) is 4. The minimum Gasteiger partial charge on any atom is -0.457 e. The Labute approximate surface area is 227 Å². The first-order valence-corrected chi connectivity index (χ1v) is 12.3. The predicted octanol–water partition coefficient (Wildman–Crippen LogP) is 5.83. The number of carbonyl (C=O) groups excluding carboxylic acids is 1. The quantitative estimate of drug-likeness (QED) is 0.323. The summed E-state index contributed by atoms with van der Waals surface area (Å²) in [6.07, 6.45) is -0.987. The van der Waals surface area contributed by atoms with E-state index in [-0.39, 0.29) is 29.6 Å². The molecule has 11 heteroatoms. The third-order valence-electron chi connectivity index (χ3n) is 6.54. The summed E-state index contributed by atoms with van der Waals surface area (Å²) in [6.45, 7) is 2.95. The molecule has 40 heavy (non-hydrogen) atoms. The van der Waals surface area contributed by atoms with Crippen LogP contribution in [0.1, 0.15) is 37.3 Å². The summed E-state index contributed by atoms with van der Waals surface area (Å²) in [5.74, 6) is -4.60. The SMILES string of the molecule is CC(C)(C#N)c1nnc(-c2cc3c(cc2F)C(F)(F)CC(N)C(=O)N3Cc2ccc(Oc3ccccc3)cc2)o1. The van der Waals surface area contributed by atoms with Gasteiger partial charge in [0.05, 0.1) is 29.9 Å². The molecular formula is C29H24F3N5O3. The maximum Gasteiger partial charge on any atom is 0.277 e. The van der Waals surface area contributed by atoms with Gasteiger partial charge in [0.1, 0.15) is 22.7 Å². The van der Waals surface area contributed by atoms with Gasteiger partial charge in [0.25, 0.3) is 11.8 Å². The van der Waals surface area contributed by atoms with Crippen LogP contribution in [0, 0.1) is 17.1 Å². The first kappa shape index (κ1) is 26.9. The second-order valence-electron chi connectivity index (χ2n) is 10.00. The van der Waals surface area contributed by atoms with Crippen LogP contribution in [0.15, 0.2) is 71.1 Å². The van der Waals surface area contributed by atoms with Crippen LogP contribution in [0.3, 0.4) is 0 Å². The minimum absolute atomic E-state index is 0.0718. The van der Waals surface area contributed by atoms with Crippen LogP contribution < -0.4 is 15.4 Å². The molecule has 0 fully saturated rings. The first-order chi connectivity index (χ1) is 19.0. The number of halogens is 3. The number of ether oxygens (including phenoxy) is 1. The number of amides is 1. The molecule has 1 aliphatic heterocycles. The van der Waals surface area contributed by atoms with Gasteiger partial charge in [-0.1, -0.05) is 30.3 Å². The van der Waals surface area contributed by atoms with Crippen molar-refractivity contribution in [3.8, 4) is 29.0 Å². The van der Waals surface area contributed by atoms with Crippen LogP contribution in [0.5, 0.6) is 11.5 Å². The van der Waals surface area contributed by atoms with Crippen molar-refractivity contribution < 1.29 is 27.1 Å². The van der Waals surface area contributed by atoms with Gasteiger partial charge in [-0.3, -0.25) is 4.79 Å². The Kier molecular flexibility index (Phi) is 6.81. The third kappa shape index (κ3) is 5.13. The number of anilines is 1. The molecule has 0 aliphatic carbocycles. The minimum atomic E-state index is -3.59. The molecule has 1 aromatic heterocycles. The molecule has 0 radical (unpaired) electrons. The Morgan fingerprint density at radius 3 is 2.48 bits per heavy atom. The Bertz CT molecular complexity index is 1600. The molecule has 0 saturated carbocycles. The number of alkyl halides is 2. The van der Waals surface area contributed by atoms with E-state index >= 15 is 13.2 Å². The van der Waals surface area contributed by atoms with Gasteiger partial charge >= 0.3 is 0 Å². The highest BCUT2D eigenvalue weighted by molar-refractivity contribution is 5.99.